The van der Waals surface area contributed by atoms with Crippen LogP contribution in [0.4, 0.5) is 0 Å². The SMILES string of the molecule is COc1cc(OC)cc(-c2nc(S/C(=C\c3cc(I)c(OC(C)C)c(I)c3)C(=O)O)n[nH]2)c1. The van der Waals surface area contributed by atoms with E-state index in [4.69, 9.17) is 14.2 Å². The molecule has 174 valence electrons. The Morgan fingerprint density at radius 3 is 2.21 bits per heavy atom. The molecule has 0 amide bonds. The molecule has 3 aromatic rings. The summed E-state index contributed by atoms with van der Waals surface area (Å²) in [6.07, 6.45) is 1.64. The van der Waals surface area contributed by atoms with Gasteiger partial charge in [-0.15, -0.1) is 5.10 Å². The minimum absolute atomic E-state index is 0.0445. The number of methoxy groups -OCH3 is 2. The van der Waals surface area contributed by atoms with Gasteiger partial charge in [-0.25, -0.2) is 9.78 Å². The first-order chi connectivity index (χ1) is 15.7. The number of thioether (sulfide) groups is 1. The molecule has 0 atom stereocenters. The molecule has 8 nitrogen and oxygen atoms in total. The number of nitrogens with zero attached hydrogens (tertiary/aromatic N) is 2. The molecule has 0 aliphatic heterocycles. The third kappa shape index (κ3) is 6.76. The highest BCUT2D eigenvalue weighted by Gasteiger charge is 2.17. The Morgan fingerprint density at radius 2 is 1.70 bits per heavy atom. The number of aromatic amines is 1. The molecule has 0 spiro atoms. The fourth-order valence-electron chi connectivity index (χ4n) is 2.76. The molecule has 0 bridgehead atoms. The molecule has 1 aromatic heterocycles. The van der Waals surface area contributed by atoms with Crippen molar-refractivity contribution in [1.29, 1.82) is 0 Å². The van der Waals surface area contributed by atoms with E-state index in [-0.39, 0.29) is 16.2 Å². The monoisotopic (exact) mass is 693 g/mol. The van der Waals surface area contributed by atoms with Crippen LogP contribution >= 0.6 is 56.9 Å². The molecular weight excluding hydrogens is 672 g/mol. The zero-order valence-corrected chi connectivity index (χ0v) is 23.3. The Hall–Kier alpha value is -2.00. The number of aliphatic carboxylic acids is 1. The number of aromatic nitrogens is 3. The van der Waals surface area contributed by atoms with Gasteiger partial charge in [0.1, 0.15) is 22.2 Å². The Kier molecular flexibility index (Phi) is 8.87. The molecule has 0 fully saturated rings. The van der Waals surface area contributed by atoms with Crippen molar-refractivity contribution >= 4 is 69.0 Å². The topological polar surface area (TPSA) is 107 Å². The van der Waals surface area contributed by atoms with E-state index in [0.717, 1.165) is 30.2 Å². The number of nitrogens with one attached hydrogen (secondary N) is 1. The predicted octanol–water partition coefficient (Wildman–Crippen LogP) is 5.70. The van der Waals surface area contributed by atoms with Gasteiger partial charge < -0.3 is 19.3 Å². The minimum Gasteiger partial charge on any atom is -0.497 e. The molecule has 1 heterocycles. The number of carbonyl (C=O) groups is 1. The van der Waals surface area contributed by atoms with Crippen LogP contribution in [0.15, 0.2) is 40.4 Å². The van der Waals surface area contributed by atoms with Crippen molar-refractivity contribution in [1.82, 2.24) is 15.2 Å². The number of hydrogen-bond acceptors (Lipinski definition) is 7. The first kappa shape index (κ1) is 25.6. The zero-order valence-electron chi connectivity index (χ0n) is 18.2. The highest BCUT2D eigenvalue weighted by atomic mass is 127. The highest BCUT2D eigenvalue weighted by Crippen LogP contribution is 2.33. The average Bonchev–Trinajstić information content (AvgIpc) is 3.24. The second-order valence-electron chi connectivity index (χ2n) is 6.96. The Morgan fingerprint density at radius 1 is 1.09 bits per heavy atom. The molecule has 3 rings (SSSR count). The van der Waals surface area contributed by atoms with Gasteiger partial charge in [-0.05, 0) is 107 Å². The number of halogens is 2. The fraction of sp³-hybridized carbons (Fsp3) is 0.227. The van der Waals surface area contributed by atoms with Gasteiger partial charge in [0, 0.05) is 11.6 Å². The zero-order chi connectivity index (χ0) is 24.1. The van der Waals surface area contributed by atoms with Crippen molar-refractivity contribution < 1.29 is 24.1 Å². The van der Waals surface area contributed by atoms with Crippen molar-refractivity contribution in [2.75, 3.05) is 14.2 Å². The van der Waals surface area contributed by atoms with Gasteiger partial charge in [0.15, 0.2) is 5.82 Å². The fourth-order valence-corrected chi connectivity index (χ4v) is 5.54. The Bertz CT molecular complexity index is 1150. The number of carboxylic acid groups (broad SMARTS) is 1. The van der Waals surface area contributed by atoms with Crippen molar-refractivity contribution in [3.8, 4) is 28.6 Å². The number of rotatable bonds is 9. The lowest BCUT2D eigenvalue weighted by Gasteiger charge is -2.14. The summed E-state index contributed by atoms with van der Waals surface area (Å²) < 4.78 is 18.3. The molecular formula is C22H21I2N3O5S. The number of ether oxygens (including phenoxy) is 3. The van der Waals surface area contributed by atoms with Crippen LogP contribution in [0, 0.1) is 7.14 Å². The van der Waals surface area contributed by atoms with Crippen LogP contribution in [0.3, 0.4) is 0 Å². The summed E-state index contributed by atoms with van der Waals surface area (Å²) >= 11 is 5.34. The molecule has 0 saturated heterocycles. The summed E-state index contributed by atoms with van der Waals surface area (Å²) in [5, 5.41) is 17.0. The quantitative estimate of drug-likeness (QED) is 0.167. The second kappa shape index (κ2) is 11.4. The van der Waals surface area contributed by atoms with Crippen molar-refractivity contribution in [2.45, 2.75) is 25.1 Å². The second-order valence-corrected chi connectivity index (χ2v) is 10.3. The van der Waals surface area contributed by atoms with Crippen LogP contribution in [0.2, 0.25) is 0 Å². The maximum Gasteiger partial charge on any atom is 0.342 e. The standard InChI is InChI=1S/C22H21I2N3O5S/c1-11(2)32-19-16(23)5-12(6-17(19)24)7-18(21(28)29)33-22-25-20(26-27-22)13-8-14(30-3)10-15(9-13)31-4/h5-11H,1-4H3,(H,28,29)(H,25,26,27)/b18-7-. The first-order valence-electron chi connectivity index (χ1n) is 9.64. The molecule has 0 saturated carbocycles. The number of H-pyrrole nitrogens is 1. The lowest BCUT2D eigenvalue weighted by atomic mass is 10.2. The van der Waals surface area contributed by atoms with Crippen LogP contribution in [0.5, 0.6) is 17.2 Å². The van der Waals surface area contributed by atoms with Gasteiger partial charge >= 0.3 is 5.97 Å². The van der Waals surface area contributed by atoms with E-state index >= 15 is 0 Å². The van der Waals surface area contributed by atoms with E-state index in [0.29, 0.717) is 22.9 Å². The van der Waals surface area contributed by atoms with Gasteiger partial charge in [0.25, 0.3) is 0 Å². The van der Waals surface area contributed by atoms with Gasteiger partial charge in [-0.2, -0.15) is 0 Å². The summed E-state index contributed by atoms with van der Waals surface area (Å²) in [6, 6.07) is 9.10. The van der Waals surface area contributed by atoms with Crippen molar-refractivity contribution in [3.63, 3.8) is 0 Å². The van der Waals surface area contributed by atoms with Crippen molar-refractivity contribution in [3.05, 3.63) is 47.9 Å². The molecule has 11 heteroatoms. The Labute approximate surface area is 222 Å². The third-order valence-corrected chi connectivity index (χ3v) is 6.65. The number of benzene rings is 2. The molecule has 2 N–H and O–H groups in total. The summed E-state index contributed by atoms with van der Waals surface area (Å²) in [5.74, 6) is 1.41. The van der Waals surface area contributed by atoms with E-state index in [2.05, 4.69) is 60.4 Å². The van der Waals surface area contributed by atoms with E-state index in [1.165, 1.54) is 0 Å². The van der Waals surface area contributed by atoms with Crippen LogP contribution < -0.4 is 14.2 Å². The van der Waals surface area contributed by atoms with E-state index in [1.54, 1.807) is 38.5 Å². The lowest BCUT2D eigenvalue weighted by Crippen LogP contribution is -2.08. The van der Waals surface area contributed by atoms with Crippen LogP contribution in [-0.2, 0) is 4.79 Å². The smallest absolute Gasteiger partial charge is 0.342 e. The predicted molar refractivity (Wildman–Crippen MR) is 144 cm³/mol. The maximum atomic E-state index is 11.9. The summed E-state index contributed by atoms with van der Waals surface area (Å²) in [7, 11) is 3.13. The molecule has 0 aliphatic carbocycles. The van der Waals surface area contributed by atoms with Gasteiger partial charge in [-0.3, -0.25) is 5.10 Å². The summed E-state index contributed by atoms with van der Waals surface area (Å²) in [4.78, 5) is 16.4. The number of carboxylic acids is 1. The third-order valence-electron chi connectivity index (χ3n) is 4.17. The summed E-state index contributed by atoms with van der Waals surface area (Å²) in [5.41, 5.74) is 1.45. The highest BCUT2D eigenvalue weighted by molar-refractivity contribution is 14.1. The van der Waals surface area contributed by atoms with E-state index in [1.807, 2.05) is 26.0 Å². The first-order valence-corrected chi connectivity index (χ1v) is 12.6. The normalized spacial score (nSPS) is 11.5. The summed E-state index contributed by atoms with van der Waals surface area (Å²) in [6.45, 7) is 3.93. The molecule has 2 aromatic carbocycles. The van der Waals surface area contributed by atoms with Crippen LogP contribution in [-0.4, -0.2) is 46.6 Å². The molecule has 0 radical (unpaired) electrons. The molecule has 0 aliphatic rings. The van der Waals surface area contributed by atoms with Crippen molar-refractivity contribution in [2.24, 2.45) is 0 Å². The van der Waals surface area contributed by atoms with Gasteiger partial charge in [-0.1, -0.05) is 0 Å². The molecule has 0 unspecified atom stereocenters. The van der Waals surface area contributed by atoms with Gasteiger partial charge in [0.2, 0.25) is 5.16 Å². The van der Waals surface area contributed by atoms with Gasteiger partial charge in [0.05, 0.1) is 27.5 Å². The molecule has 33 heavy (non-hydrogen) atoms. The van der Waals surface area contributed by atoms with Crippen LogP contribution in [0.1, 0.15) is 19.4 Å². The number of hydrogen-bond donors (Lipinski definition) is 2. The van der Waals surface area contributed by atoms with E-state index < -0.39 is 5.97 Å². The maximum absolute atomic E-state index is 11.9. The Balaban J connectivity index is 1.88. The largest absolute Gasteiger partial charge is 0.497 e. The lowest BCUT2D eigenvalue weighted by molar-refractivity contribution is -0.131. The minimum atomic E-state index is -1.07. The average molecular weight is 693 g/mol. The van der Waals surface area contributed by atoms with E-state index in [9.17, 15) is 9.90 Å². The van der Waals surface area contributed by atoms with Crippen LogP contribution in [0.25, 0.3) is 17.5 Å².